The van der Waals surface area contributed by atoms with Crippen LogP contribution in [-0.2, 0) is 28.7 Å². The van der Waals surface area contributed by atoms with Crippen LogP contribution in [0.1, 0.15) is 106 Å². The van der Waals surface area contributed by atoms with Gasteiger partial charge >= 0.3 is 11.9 Å². The van der Waals surface area contributed by atoms with Gasteiger partial charge in [0.15, 0.2) is 0 Å². The highest BCUT2D eigenvalue weighted by Gasteiger charge is 2.36. The standard InChI is InChI=1S/C44H60N6O6/c1-25(2)31(21-35(51)55-11)41(53)49-37(43(5,6)7)39-45-23-33(47-39)29-17-13-27(14-18-29)28-15-19-30(20-16-28)34-24-46-40(48-34)38(44(8,9)10)50-42(54)32(26(3)4)22-36(52)56-12/h13-20,23-26,31-32,37-38H,21-22H2,1-12H3,(H,45,47)(H,46,48)(H,49,53)(H,50,54)/t31-,32-,37-,38-/m1/s1. The number of benzene rings is 2. The number of aromatic nitrogens is 4. The summed E-state index contributed by atoms with van der Waals surface area (Å²) in [6.07, 6.45) is 3.58. The molecule has 12 heteroatoms. The lowest BCUT2D eigenvalue weighted by Crippen LogP contribution is -2.42. The molecule has 0 saturated heterocycles. The Hall–Kier alpha value is -5.26. The molecule has 0 bridgehead atoms. The number of carbonyl (C=O) groups is 4. The predicted octanol–water partition coefficient (Wildman–Crippen LogP) is 8.21. The molecular formula is C44H60N6O6. The van der Waals surface area contributed by atoms with E-state index in [-0.39, 0.29) is 47.3 Å². The molecule has 302 valence electrons. The third-order valence-electron chi connectivity index (χ3n) is 10.3. The van der Waals surface area contributed by atoms with Crippen molar-refractivity contribution >= 4 is 23.8 Å². The molecule has 56 heavy (non-hydrogen) atoms. The van der Waals surface area contributed by atoms with E-state index in [1.165, 1.54) is 14.2 Å². The molecule has 4 atom stereocenters. The van der Waals surface area contributed by atoms with Gasteiger partial charge in [0.25, 0.3) is 0 Å². The number of H-pyrrole nitrogens is 2. The number of nitrogens with one attached hydrogen (secondary N) is 4. The van der Waals surface area contributed by atoms with Crippen LogP contribution >= 0.6 is 0 Å². The highest BCUT2D eigenvalue weighted by Crippen LogP contribution is 2.36. The van der Waals surface area contributed by atoms with Crippen LogP contribution in [0, 0.1) is 34.5 Å². The van der Waals surface area contributed by atoms with Gasteiger partial charge in [0.1, 0.15) is 11.6 Å². The Morgan fingerprint density at radius 2 is 0.875 bits per heavy atom. The fourth-order valence-corrected chi connectivity index (χ4v) is 6.62. The lowest BCUT2D eigenvalue weighted by Gasteiger charge is -2.32. The van der Waals surface area contributed by atoms with Crippen LogP contribution in [0.4, 0.5) is 0 Å². The molecule has 0 aliphatic rings. The molecule has 2 aromatic heterocycles. The van der Waals surface area contributed by atoms with Gasteiger partial charge in [-0.05, 0) is 44.9 Å². The van der Waals surface area contributed by atoms with Gasteiger partial charge in [-0.1, -0.05) is 118 Å². The zero-order valence-corrected chi connectivity index (χ0v) is 35.0. The molecule has 0 saturated carbocycles. The van der Waals surface area contributed by atoms with Gasteiger partial charge in [0.2, 0.25) is 11.8 Å². The quantitative estimate of drug-likeness (QED) is 0.0878. The maximum Gasteiger partial charge on any atom is 0.306 e. The number of carbonyl (C=O) groups excluding carboxylic acids is 4. The van der Waals surface area contributed by atoms with E-state index >= 15 is 0 Å². The SMILES string of the molecule is COC(=O)C[C@@H](C(=O)N[C@H](c1ncc(-c2ccc(-c3ccc(-c4cnc([C@@H](NC(=O)[C@H](CC(=O)OC)C(C)C)C(C)(C)C)[nH]4)cc3)cc2)[nH]1)C(C)(C)C)C(C)C. The summed E-state index contributed by atoms with van der Waals surface area (Å²) >= 11 is 0. The number of amides is 2. The number of esters is 2. The average molecular weight is 769 g/mol. The molecule has 4 aromatic rings. The number of imidazole rings is 2. The maximum atomic E-state index is 13.4. The topological polar surface area (TPSA) is 168 Å². The van der Waals surface area contributed by atoms with Crippen molar-refractivity contribution < 1.29 is 28.7 Å². The second-order valence-corrected chi connectivity index (χ2v) is 17.4. The van der Waals surface area contributed by atoms with Crippen LogP contribution in [0.15, 0.2) is 60.9 Å². The normalized spacial score (nSPS) is 14.2. The third kappa shape index (κ3) is 10.9. The largest absolute Gasteiger partial charge is 0.469 e. The van der Waals surface area contributed by atoms with Crippen LogP contribution in [-0.4, -0.2) is 57.9 Å². The molecule has 0 aliphatic carbocycles. The molecule has 2 aromatic carbocycles. The molecular weight excluding hydrogens is 709 g/mol. The summed E-state index contributed by atoms with van der Waals surface area (Å²) in [7, 11) is 2.66. The van der Waals surface area contributed by atoms with Crippen molar-refractivity contribution in [1.29, 1.82) is 0 Å². The second-order valence-electron chi connectivity index (χ2n) is 17.4. The van der Waals surface area contributed by atoms with Crippen LogP contribution in [0.5, 0.6) is 0 Å². The van der Waals surface area contributed by atoms with E-state index in [0.29, 0.717) is 11.6 Å². The lowest BCUT2D eigenvalue weighted by atomic mass is 9.84. The molecule has 12 nitrogen and oxygen atoms in total. The molecule has 0 spiro atoms. The highest BCUT2D eigenvalue weighted by molar-refractivity contribution is 5.85. The van der Waals surface area contributed by atoms with Crippen molar-refractivity contribution in [1.82, 2.24) is 30.6 Å². The third-order valence-corrected chi connectivity index (χ3v) is 10.3. The van der Waals surface area contributed by atoms with E-state index in [2.05, 4.69) is 54.8 Å². The fourth-order valence-electron chi connectivity index (χ4n) is 6.62. The van der Waals surface area contributed by atoms with Gasteiger partial charge in [-0.25, -0.2) is 9.97 Å². The summed E-state index contributed by atoms with van der Waals surface area (Å²) in [6.45, 7) is 19.9. The molecule has 0 aliphatic heterocycles. The Kier molecular flexibility index (Phi) is 14.1. The van der Waals surface area contributed by atoms with Crippen molar-refractivity contribution in [3.05, 3.63) is 72.6 Å². The molecule has 4 rings (SSSR count). The average Bonchev–Trinajstić information content (AvgIpc) is 3.83. The molecule has 0 unspecified atom stereocenters. The number of hydrogen-bond donors (Lipinski definition) is 4. The van der Waals surface area contributed by atoms with Crippen LogP contribution in [0.25, 0.3) is 33.6 Å². The van der Waals surface area contributed by atoms with E-state index in [1.54, 1.807) is 12.4 Å². The zero-order valence-electron chi connectivity index (χ0n) is 35.0. The Labute approximate surface area is 331 Å². The first kappa shape index (κ1) is 43.5. The van der Waals surface area contributed by atoms with Crippen molar-refractivity contribution in [3.8, 4) is 33.6 Å². The van der Waals surface area contributed by atoms with Gasteiger partial charge in [0.05, 0.1) is 74.8 Å². The summed E-state index contributed by atoms with van der Waals surface area (Å²) in [6, 6.07) is 15.5. The van der Waals surface area contributed by atoms with E-state index < -0.39 is 35.9 Å². The fraction of sp³-hybridized carbons (Fsp3) is 0.500. The smallest absolute Gasteiger partial charge is 0.306 e. The summed E-state index contributed by atoms with van der Waals surface area (Å²) < 4.78 is 9.67. The van der Waals surface area contributed by atoms with Crippen molar-refractivity contribution in [2.45, 2.75) is 94.2 Å². The first-order valence-corrected chi connectivity index (χ1v) is 19.3. The first-order chi connectivity index (χ1) is 26.2. The number of nitrogens with zero attached hydrogens (tertiary/aromatic N) is 2. The molecule has 4 N–H and O–H groups in total. The van der Waals surface area contributed by atoms with Crippen LogP contribution in [0.2, 0.25) is 0 Å². The van der Waals surface area contributed by atoms with Gasteiger partial charge in [-0.3, -0.25) is 19.2 Å². The Bertz CT molecular complexity index is 1800. The minimum Gasteiger partial charge on any atom is -0.469 e. The predicted molar refractivity (Wildman–Crippen MR) is 218 cm³/mol. The molecule has 0 fully saturated rings. The molecule has 2 heterocycles. The Morgan fingerprint density at radius 3 is 1.14 bits per heavy atom. The summed E-state index contributed by atoms with van der Waals surface area (Å²) in [5.74, 6) is -1.12. The lowest BCUT2D eigenvalue weighted by molar-refractivity contribution is -0.145. The van der Waals surface area contributed by atoms with Gasteiger partial charge < -0.3 is 30.1 Å². The van der Waals surface area contributed by atoms with Crippen molar-refractivity contribution in [3.63, 3.8) is 0 Å². The van der Waals surface area contributed by atoms with Gasteiger partial charge in [0, 0.05) is 0 Å². The Balaban J connectivity index is 1.48. The number of aromatic amines is 2. The zero-order chi connectivity index (χ0) is 41.5. The number of hydrogen-bond acceptors (Lipinski definition) is 8. The molecule has 2 amide bonds. The van der Waals surface area contributed by atoms with E-state index in [0.717, 1.165) is 33.6 Å². The van der Waals surface area contributed by atoms with Crippen molar-refractivity contribution in [2.24, 2.45) is 34.5 Å². The van der Waals surface area contributed by atoms with Crippen LogP contribution in [0.3, 0.4) is 0 Å². The van der Waals surface area contributed by atoms with E-state index in [4.69, 9.17) is 9.47 Å². The van der Waals surface area contributed by atoms with Gasteiger partial charge in [-0.2, -0.15) is 0 Å². The van der Waals surface area contributed by atoms with E-state index in [1.807, 2.05) is 93.5 Å². The Morgan fingerprint density at radius 1 is 0.571 bits per heavy atom. The highest BCUT2D eigenvalue weighted by atomic mass is 16.5. The maximum absolute atomic E-state index is 13.4. The second kappa shape index (κ2) is 18.1. The molecule has 0 radical (unpaired) electrons. The summed E-state index contributed by atoms with van der Waals surface area (Å²) in [5.41, 5.74) is 4.90. The summed E-state index contributed by atoms with van der Waals surface area (Å²) in [5, 5.41) is 6.31. The number of rotatable bonds is 15. The number of methoxy groups -OCH3 is 2. The van der Waals surface area contributed by atoms with E-state index in [9.17, 15) is 19.2 Å². The summed E-state index contributed by atoms with van der Waals surface area (Å²) in [4.78, 5) is 67.0. The van der Waals surface area contributed by atoms with Crippen molar-refractivity contribution in [2.75, 3.05) is 14.2 Å². The first-order valence-electron chi connectivity index (χ1n) is 19.3. The number of ether oxygens (including phenoxy) is 2. The monoisotopic (exact) mass is 768 g/mol. The van der Waals surface area contributed by atoms with Crippen LogP contribution < -0.4 is 10.6 Å². The minimum atomic E-state index is -0.524. The van der Waals surface area contributed by atoms with Gasteiger partial charge in [-0.15, -0.1) is 0 Å². The minimum absolute atomic E-state index is 0.0129.